The monoisotopic (exact) mass is 259 g/mol. The molecule has 1 aliphatic heterocycles. The maximum absolute atomic E-state index is 12.0. The number of hydrogen-bond acceptors (Lipinski definition) is 6. The molecule has 0 bridgehead atoms. The van der Waals surface area contributed by atoms with E-state index in [4.69, 9.17) is 5.11 Å². The highest BCUT2D eigenvalue weighted by Crippen LogP contribution is 2.24. The van der Waals surface area contributed by atoms with Gasteiger partial charge < -0.3 is 10.0 Å². The molecule has 1 unspecified atom stereocenters. The summed E-state index contributed by atoms with van der Waals surface area (Å²) in [6.07, 6.45) is 0. The van der Waals surface area contributed by atoms with Crippen LogP contribution in [0.2, 0.25) is 0 Å². The van der Waals surface area contributed by atoms with Crippen molar-refractivity contribution in [1.29, 1.82) is 0 Å². The third kappa shape index (κ3) is 1.90. The van der Waals surface area contributed by atoms with Crippen LogP contribution in [0.3, 0.4) is 0 Å². The number of thioether (sulfide) groups is 1. The van der Waals surface area contributed by atoms with Crippen LogP contribution in [0.4, 0.5) is 0 Å². The SMILES string of the molecule is Cc1nnsc1C(=O)N1CSCC1C(=O)O. The average Bonchev–Trinajstić information content (AvgIpc) is 2.84. The second-order valence-corrected chi connectivity index (χ2v) is 5.07. The van der Waals surface area contributed by atoms with Crippen LogP contribution in [-0.4, -0.2) is 49.1 Å². The van der Waals surface area contributed by atoms with Crippen molar-refractivity contribution >= 4 is 35.2 Å². The normalized spacial score (nSPS) is 20.1. The average molecular weight is 259 g/mol. The Kier molecular flexibility index (Phi) is 3.10. The Morgan fingerprint density at radius 1 is 1.56 bits per heavy atom. The number of rotatable bonds is 2. The molecule has 6 nitrogen and oxygen atoms in total. The molecule has 2 heterocycles. The molecular formula is C8H9N3O3S2. The summed E-state index contributed by atoms with van der Waals surface area (Å²) in [7, 11) is 0. The Hall–Kier alpha value is -1.15. The molecule has 8 heteroatoms. The molecular weight excluding hydrogens is 250 g/mol. The van der Waals surface area contributed by atoms with E-state index in [0.717, 1.165) is 11.5 Å². The van der Waals surface area contributed by atoms with E-state index in [-0.39, 0.29) is 5.91 Å². The van der Waals surface area contributed by atoms with Crippen molar-refractivity contribution in [2.45, 2.75) is 13.0 Å². The lowest BCUT2D eigenvalue weighted by Gasteiger charge is -2.19. The lowest BCUT2D eigenvalue weighted by Crippen LogP contribution is -2.41. The fraction of sp³-hybridized carbons (Fsp3) is 0.500. The number of amides is 1. The molecule has 1 amide bonds. The lowest BCUT2D eigenvalue weighted by atomic mass is 10.2. The summed E-state index contributed by atoms with van der Waals surface area (Å²) in [4.78, 5) is 24.7. The Morgan fingerprint density at radius 3 is 2.88 bits per heavy atom. The molecule has 2 rings (SSSR count). The number of carboxylic acid groups (broad SMARTS) is 1. The van der Waals surface area contributed by atoms with E-state index in [2.05, 4.69) is 9.59 Å². The summed E-state index contributed by atoms with van der Waals surface area (Å²) in [5, 5.41) is 12.7. The zero-order valence-corrected chi connectivity index (χ0v) is 10.0. The molecule has 1 saturated heterocycles. The second kappa shape index (κ2) is 4.38. The topological polar surface area (TPSA) is 83.4 Å². The van der Waals surface area contributed by atoms with Crippen molar-refractivity contribution in [3.05, 3.63) is 10.6 Å². The van der Waals surface area contributed by atoms with Gasteiger partial charge in [-0.2, -0.15) is 0 Å². The molecule has 1 atom stereocenters. The zero-order chi connectivity index (χ0) is 11.7. The maximum Gasteiger partial charge on any atom is 0.327 e. The molecule has 1 fully saturated rings. The highest BCUT2D eigenvalue weighted by molar-refractivity contribution is 7.99. The van der Waals surface area contributed by atoms with Gasteiger partial charge in [0.2, 0.25) is 0 Å². The van der Waals surface area contributed by atoms with Gasteiger partial charge in [0.15, 0.2) is 0 Å². The minimum Gasteiger partial charge on any atom is -0.480 e. The van der Waals surface area contributed by atoms with E-state index in [9.17, 15) is 9.59 Å². The van der Waals surface area contributed by atoms with Crippen LogP contribution in [-0.2, 0) is 4.79 Å². The fourth-order valence-electron chi connectivity index (χ4n) is 1.41. The molecule has 0 aliphatic carbocycles. The summed E-state index contributed by atoms with van der Waals surface area (Å²) >= 11 is 2.44. The van der Waals surface area contributed by atoms with Crippen molar-refractivity contribution in [3.8, 4) is 0 Å². The number of nitrogens with zero attached hydrogens (tertiary/aromatic N) is 3. The van der Waals surface area contributed by atoms with Gasteiger partial charge in [0.05, 0.1) is 11.6 Å². The largest absolute Gasteiger partial charge is 0.480 e. The number of carbonyl (C=O) groups excluding carboxylic acids is 1. The smallest absolute Gasteiger partial charge is 0.327 e. The molecule has 0 spiro atoms. The number of carboxylic acids is 1. The van der Waals surface area contributed by atoms with Crippen LogP contribution >= 0.6 is 23.3 Å². The van der Waals surface area contributed by atoms with Gasteiger partial charge >= 0.3 is 5.97 Å². The van der Waals surface area contributed by atoms with Gasteiger partial charge in [0.1, 0.15) is 10.9 Å². The summed E-state index contributed by atoms with van der Waals surface area (Å²) in [6.45, 7) is 1.69. The van der Waals surface area contributed by atoms with E-state index in [1.807, 2.05) is 0 Å². The quantitative estimate of drug-likeness (QED) is 0.830. The molecule has 0 aromatic carbocycles. The second-order valence-electron chi connectivity index (χ2n) is 3.32. The maximum atomic E-state index is 12.0. The third-order valence-corrected chi connectivity index (χ3v) is 4.10. The highest BCUT2D eigenvalue weighted by Gasteiger charge is 2.36. The van der Waals surface area contributed by atoms with Crippen molar-refractivity contribution in [3.63, 3.8) is 0 Å². The Balaban J connectivity index is 2.22. The first-order chi connectivity index (χ1) is 7.61. The fourth-order valence-corrected chi connectivity index (χ4v) is 3.16. The molecule has 0 saturated carbocycles. The standard InChI is InChI=1S/C8H9N3O3S2/c1-4-6(16-10-9-4)7(12)11-3-15-2-5(11)8(13)14/h5H,2-3H2,1H3,(H,13,14). The van der Waals surface area contributed by atoms with Crippen molar-refractivity contribution < 1.29 is 14.7 Å². The number of aliphatic carboxylic acids is 1. The summed E-state index contributed by atoms with van der Waals surface area (Å²) in [5.74, 6) is -0.405. The van der Waals surface area contributed by atoms with Crippen LogP contribution in [0, 0.1) is 6.92 Å². The molecule has 1 aromatic rings. The van der Waals surface area contributed by atoms with E-state index in [1.54, 1.807) is 6.92 Å². The summed E-state index contributed by atoms with van der Waals surface area (Å²) in [5.41, 5.74) is 0.552. The first-order valence-corrected chi connectivity index (χ1v) is 6.44. The zero-order valence-electron chi connectivity index (χ0n) is 8.41. The molecule has 1 aromatic heterocycles. The van der Waals surface area contributed by atoms with Gasteiger partial charge in [-0.25, -0.2) is 4.79 Å². The third-order valence-electron chi connectivity index (χ3n) is 2.27. The van der Waals surface area contributed by atoms with Gasteiger partial charge in [-0.3, -0.25) is 4.79 Å². The summed E-state index contributed by atoms with van der Waals surface area (Å²) in [6, 6.07) is -0.737. The van der Waals surface area contributed by atoms with Crippen molar-refractivity contribution in [1.82, 2.24) is 14.5 Å². The number of aromatic nitrogens is 2. The van der Waals surface area contributed by atoms with E-state index >= 15 is 0 Å². The Morgan fingerprint density at radius 2 is 2.31 bits per heavy atom. The van der Waals surface area contributed by atoms with Crippen molar-refractivity contribution in [2.24, 2.45) is 0 Å². The molecule has 0 radical (unpaired) electrons. The van der Waals surface area contributed by atoms with E-state index in [0.29, 0.717) is 22.2 Å². The molecule has 86 valence electrons. The van der Waals surface area contributed by atoms with Crippen molar-refractivity contribution in [2.75, 3.05) is 11.6 Å². The van der Waals surface area contributed by atoms with Crippen LogP contribution in [0.5, 0.6) is 0 Å². The molecule has 1 N–H and O–H groups in total. The van der Waals surface area contributed by atoms with Gasteiger partial charge in [0.25, 0.3) is 5.91 Å². The van der Waals surface area contributed by atoms with Gasteiger partial charge in [0, 0.05) is 5.75 Å². The predicted octanol–water partition coefficient (Wildman–Crippen LogP) is 0.446. The van der Waals surface area contributed by atoms with Gasteiger partial charge in [-0.1, -0.05) is 4.49 Å². The van der Waals surface area contributed by atoms with E-state index < -0.39 is 12.0 Å². The Bertz CT molecular complexity index is 434. The van der Waals surface area contributed by atoms with E-state index in [1.165, 1.54) is 16.7 Å². The van der Waals surface area contributed by atoms with Gasteiger partial charge in [-0.05, 0) is 18.5 Å². The predicted molar refractivity (Wildman–Crippen MR) is 59.6 cm³/mol. The number of carbonyl (C=O) groups is 2. The summed E-state index contributed by atoms with van der Waals surface area (Å²) < 4.78 is 3.67. The van der Waals surface area contributed by atoms with Crippen LogP contribution in [0.1, 0.15) is 15.4 Å². The van der Waals surface area contributed by atoms with Crippen LogP contribution in [0.15, 0.2) is 0 Å². The minimum absolute atomic E-state index is 0.287. The first kappa shape index (κ1) is 11.3. The first-order valence-electron chi connectivity index (χ1n) is 4.51. The van der Waals surface area contributed by atoms with Gasteiger partial charge in [-0.15, -0.1) is 16.9 Å². The number of aryl methyl sites for hydroxylation is 1. The Labute approximate surface area is 99.8 Å². The molecule has 1 aliphatic rings. The lowest BCUT2D eigenvalue weighted by molar-refractivity contribution is -0.140. The van der Waals surface area contributed by atoms with Crippen LogP contribution in [0.25, 0.3) is 0 Å². The minimum atomic E-state index is -0.964. The number of hydrogen-bond donors (Lipinski definition) is 1. The molecule has 16 heavy (non-hydrogen) atoms. The van der Waals surface area contributed by atoms with Crippen LogP contribution < -0.4 is 0 Å². The highest BCUT2D eigenvalue weighted by atomic mass is 32.2.